The maximum atomic E-state index is 10.0. The minimum absolute atomic E-state index is 0.329. The molecule has 4 aromatic rings. The Kier molecular flexibility index (Phi) is 4.87. The van der Waals surface area contributed by atoms with Crippen LogP contribution in [0.15, 0.2) is 24.8 Å². The third-order valence-electron chi connectivity index (χ3n) is 5.63. The molecule has 4 rings (SSSR count). The van der Waals surface area contributed by atoms with E-state index in [4.69, 9.17) is 16.0 Å². The Hall–Kier alpha value is -3.91. The average Bonchev–Trinajstić information content (AvgIpc) is 3.48. The molecule has 4 aromatic heterocycles. The van der Waals surface area contributed by atoms with Gasteiger partial charge in [0.15, 0.2) is 11.6 Å². The van der Waals surface area contributed by atoms with Gasteiger partial charge < -0.3 is 18.1 Å². The Morgan fingerprint density at radius 1 is 0.903 bits per heavy atom. The fraction of sp³-hybridized carbons (Fsp3) is 0.238. The minimum atomic E-state index is 0.329. The first-order chi connectivity index (χ1) is 14.9. The molecule has 0 spiro atoms. The molecule has 0 saturated carbocycles. The fourth-order valence-corrected chi connectivity index (χ4v) is 4.12. The molecule has 31 heavy (non-hydrogen) atoms. The van der Waals surface area contributed by atoms with Gasteiger partial charge in [0.05, 0.1) is 10.7 Å². The maximum absolute atomic E-state index is 10.0. The van der Waals surface area contributed by atoms with Crippen LogP contribution in [0.3, 0.4) is 0 Å². The van der Waals surface area contributed by atoms with Gasteiger partial charge in [0.25, 0.3) is 0 Å². The predicted octanol–water partition coefficient (Wildman–Crippen LogP) is 0.0890. The van der Waals surface area contributed by atoms with Gasteiger partial charge in [-0.1, -0.05) is 6.92 Å². The van der Waals surface area contributed by atoms with E-state index >= 15 is 0 Å². The molecule has 0 aliphatic heterocycles. The van der Waals surface area contributed by atoms with Crippen molar-refractivity contribution in [3.8, 4) is 12.1 Å². The molecule has 0 atom stereocenters. The van der Waals surface area contributed by atoms with E-state index in [1.54, 1.807) is 33.9 Å². The van der Waals surface area contributed by atoms with E-state index in [0.717, 1.165) is 16.5 Å². The summed E-state index contributed by atoms with van der Waals surface area (Å²) in [7, 11) is 16.6. The number of nitrogens with zero attached hydrogens (tertiary/aromatic N) is 8. The van der Waals surface area contributed by atoms with Crippen molar-refractivity contribution in [2.24, 2.45) is 14.1 Å². The van der Waals surface area contributed by atoms with Crippen molar-refractivity contribution in [2.75, 3.05) is 0 Å². The maximum Gasteiger partial charge on any atom is 0.234 e. The molecule has 0 unspecified atom stereocenters. The van der Waals surface area contributed by atoms with Gasteiger partial charge in [-0.2, -0.15) is 10.5 Å². The second-order valence-corrected chi connectivity index (χ2v) is 7.27. The minimum Gasteiger partial charge on any atom is -0.399 e. The lowest BCUT2D eigenvalue weighted by Crippen LogP contribution is -2.25. The zero-order valence-electron chi connectivity index (χ0n) is 17.7. The van der Waals surface area contributed by atoms with E-state index in [2.05, 4.69) is 22.1 Å². The first kappa shape index (κ1) is 20.4. The average molecular weight is 404 g/mol. The number of fused-ring (bicyclic) bond motifs is 1. The largest absolute Gasteiger partial charge is 0.399 e. The SMILES string of the molecule is [B]n1c(C)c2/c(=C(\C#N)c3nccn3C)n([B])c(CC)c2/c1=C(\C#N)c1nccn1C. The number of rotatable bonds is 3. The molecule has 0 aromatic carbocycles. The lowest BCUT2D eigenvalue weighted by atomic mass is 10.1. The molecule has 8 nitrogen and oxygen atoms in total. The molecule has 0 N–H and O–H groups in total. The Labute approximate surface area is 181 Å². The Morgan fingerprint density at radius 3 is 1.77 bits per heavy atom. The topological polar surface area (TPSA) is 93.1 Å². The van der Waals surface area contributed by atoms with Gasteiger partial charge in [0.2, 0.25) is 16.0 Å². The van der Waals surface area contributed by atoms with Crippen LogP contribution >= 0.6 is 0 Å². The first-order valence-corrected chi connectivity index (χ1v) is 9.66. The summed E-state index contributed by atoms with van der Waals surface area (Å²) >= 11 is 0. The highest BCUT2D eigenvalue weighted by molar-refractivity contribution is 6.14. The van der Waals surface area contributed by atoms with Gasteiger partial charge >= 0.3 is 0 Å². The van der Waals surface area contributed by atoms with E-state index in [1.807, 2.05) is 27.9 Å². The van der Waals surface area contributed by atoms with Crippen molar-refractivity contribution < 1.29 is 0 Å². The number of aromatic nitrogens is 6. The molecule has 10 heteroatoms. The quantitative estimate of drug-likeness (QED) is 0.453. The van der Waals surface area contributed by atoms with E-state index in [-0.39, 0.29) is 0 Å². The fourth-order valence-electron chi connectivity index (χ4n) is 4.12. The second kappa shape index (κ2) is 7.41. The smallest absolute Gasteiger partial charge is 0.234 e. The predicted molar refractivity (Wildman–Crippen MR) is 118 cm³/mol. The number of hydrogen-bond acceptors (Lipinski definition) is 4. The molecule has 0 fully saturated rings. The van der Waals surface area contributed by atoms with Crippen LogP contribution in [0.4, 0.5) is 0 Å². The normalized spacial score (nSPS) is 13.2. The van der Waals surface area contributed by atoms with Gasteiger partial charge in [-0.25, -0.2) is 9.97 Å². The molecule has 148 valence electrons. The zero-order valence-corrected chi connectivity index (χ0v) is 17.7. The van der Waals surface area contributed by atoms with Gasteiger partial charge in [-0.05, 0) is 13.3 Å². The third-order valence-corrected chi connectivity index (χ3v) is 5.63. The van der Waals surface area contributed by atoms with Crippen molar-refractivity contribution in [3.05, 3.63) is 58.5 Å². The number of aryl methyl sites for hydroxylation is 4. The summed E-state index contributed by atoms with van der Waals surface area (Å²) in [6, 6.07) is 4.52. The molecule has 4 radical (unpaired) electrons. The molecular formula is C21H18B2N8. The van der Waals surface area contributed by atoms with Crippen LogP contribution in [-0.2, 0) is 20.5 Å². The first-order valence-electron chi connectivity index (χ1n) is 9.66. The van der Waals surface area contributed by atoms with Gasteiger partial charge in [0.1, 0.15) is 23.3 Å². The van der Waals surface area contributed by atoms with Crippen LogP contribution in [0.25, 0.3) is 21.9 Å². The summed E-state index contributed by atoms with van der Waals surface area (Å²) in [5.41, 5.74) is 2.10. The van der Waals surface area contributed by atoms with Crippen LogP contribution < -0.4 is 10.7 Å². The summed E-state index contributed by atoms with van der Waals surface area (Å²) in [6.07, 6.45) is 7.36. The highest BCUT2D eigenvalue weighted by Crippen LogP contribution is 2.22. The van der Waals surface area contributed by atoms with E-state index in [1.165, 1.54) is 8.96 Å². The van der Waals surface area contributed by atoms with Crippen LogP contribution in [0.1, 0.15) is 30.0 Å². The summed E-state index contributed by atoms with van der Waals surface area (Å²) < 4.78 is 6.52. The van der Waals surface area contributed by atoms with Crippen molar-refractivity contribution >= 4 is 37.9 Å². The van der Waals surface area contributed by atoms with E-state index in [0.29, 0.717) is 45.6 Å². The molecular weight excluding hydrogens is 386 g/mol. The highest BCUT2D eigenvalue weighted by atomic mass is 15.0. The van der Waals surface area contributed by atoms with Crippen LogP contribution in [0.5, 0.6) is 0 Å². The molecule has 0 bridgehead atoms. The lowest BCUT2D eigenvalue weighted by Gasteiger charge is -2.08. The number of nitriles is 2. The standard InChI is InChI=1S/C21H18B2N8/c1-5-15-17-16(18(31(15)23)13(10-24)20-26-6-8-28(20)3)12(2)30(22)19(17)14(11-25)21-27-7-9-29(21)4/h6-9H,5H2,1-4H3/b18-13-,19-14-. The van der Waals surface area contributed by atoms with E-state index in [9.17, 15) is 10.5 Å². The van der Waals surface area contributed by atoms with E-state index < -0.39 is 0 Å². The Balaban J connectivity index is 2.36. The van der Waals surface area contributed by atoms with Crippen LogP contribution in [-0.4, -0.2) is 44.0 Å². The summed E-state index contributed by atoms with van der Waals surface area (Å²) in [4.78, 5) is 8.67. The summed E-state index contributed by atoms with van der Waals surface area (Å²) in [5, 5.41) is 22.6. The molecule has 0 aliphatic rings. The van der Waals surface area contributed by atoms with Crippen LogP contribution in [0.2, 0.25) is 0 Å². The van der Waals surface area contributed by atoms with Crippen molar-refractivity contribution in [1.82, 2.24) is 28.1 Å². The van der Waals surface area contributed by atoms with Crippen molar-refractivity contribution in [2.45, 2.75) is 20.3 Å². The monoisotopic (exact) mass is 404 g/mol. The second-order valence-electron chi connectivity index (χ2n) is 7.27. The van der Waals surface area contributed by atoms with Gasteiger partial charge in [-0.15, -0.1) is 0 Å². The van der Waals surface area contributed by atoms with Crippen molar-refractivity contribution in [1.29, 1.82) is 10.5 Å². The van der Waals surface area contributed by atoms with Gasteiger partial charge in [0, 0.05) is 61.0 Å². The summed E-state index contributed by atoms with van der Waals surface area (Å²) in [6.45, 7) is 3.81. The number of hydrogen-bond donors (Lipinski definition) is 0. The zero-order chi connectivity index (χ0) is 22.4. The third kappa shape index (κ3) is 2.76. The molecule has 0 saturated heterocycles. The number of imidazole rings is 2. The summed E-state index contributed by atoms with van der Waals surface area (Å²) in [5.74, 6) is 0.992. The van der Waals surface area contributed by atoms with Crippen molar-refractivity contribution in [3.63, 3.8) is 0 Å². The van der Waals surface area contributed by atoms with Gasteiger partial charge in [-0.3, -0.25) is 0 Å². The highest BCUT2D eigenvalue weighted by Gasteiger charge is 2.23. The molecule has 0 amide bonds. The molecule has 4 heterocycles. The Bertz CT molecular complexity index is 1480. The lowest BCUT2D eigenvalue weighted by molar-refractivity contribution is 0.887. The molecule has 0 aliphatic carbocycles. The Morgan fingerprint density at radius 2 is 1.39 bits per heavy atom. The van der Waals surface area contributed by atoms with Crippen LogP contribution in [0, 0.1) is 29.6 Å².